The standard InChI is InChI=1S/C85H108N8O17S2/c1-54(2)49-63(74(100)90-66(52-111)78(104)105)88-72(98)61(45-47-69(95)107-80(3,4)5)87-77(103)67(53-112-85(58-39-27-18-28-40-58,59-41-29-19-30-42-59)60-43-31-20-32-44-60)91-73(99)62(46-48-70(96)108-81(6,7)8)86-76(102)65(51-71(97)109-82(9,10)11)89-75(101)64(92-79(106)110-83(12,13)14)50-68(94)93-84(55-33-21-15-22-34-55,56-35-23-16-24-36-56)57-37-25-17-26-38-57/h15-44,54,61-67,111H,45-53H2,1-14H3,(H,86,102)(H,87,103)(H,88,98)(H,89,101)(H,90,100)(H,91,99)(H,92,106)(H,93,94)(H,104,105)/t61-,62-,63-,64-,65-,66-,67-/m0/s1. The second-order valence-corrected chi connectivity index (χ2v) is 33.0. The van der Waals surface area contributed by atoms with Crippen LogP contribution in [0.3, 0.4) is 0 Å². The first-order valence-corrected chi connectivity index (χ1v) is 38.8. The van der Waals surface area contributed by atoms with Crippen molar-refractivity contribution in [1.29, 1.82) is 0 Å². The molecule has 6 aromatic carbocycles. The Morgan fingerprint density at radius 3 is 1.01 bits per heavy atom. The molecular weight excluding hydrogens is 1470 g/mol. The van der Waals surface area contributed by atoms with Crippen molar-refractivity contribution < 1.29 is 81.6 Å². The van der Waals surface area contributed by atoms with Gasteiger partial charge < -0.3 is 66.6 Å². The Morgan fingerprint density at radius 1 is 0.366 bits per heavy atom. The van der Waals surface area contributed by atoms with Crippen molar-refractivity contribution in [3.8, 4) is 0 Å². The van der Waals surface area contributed by atoms with Crippen LogP contribution < -0.4 is 42.5 Å². The van der Waals surface area contributed by atoms with E-state index in [2.05, 4.69) is 55.2 Å². The number of benzene rings is 6. The summed E-state index contributed by atoms with van der Waals surface area (Å²) in [5.41, 5.74) is -1.79. The molecule has 0 aliphatic rings. The van der Waals surface area contributed by atoms with Gasteiger partial charge in [0.25, 0.3) is 0 Å². The average Bonchev–Trinajstić information content (AvgIpc) is 0.760. The number of hydrogen-bond donors (Lipinski definition) is 10. The maximum Gasteiger partial charge on any atom is 0.408 e. The van der Waals surface area contributed by atoms with E-state index < -0.39 is 185 Å². The number of amides is 8. The summed E-state index contributed by atoms with van der Waals surface area (Å²) in [6, 6.07) is 42.9. The number of alkyl carbamates (subject to hydrolysis) is 1. The van der Waals surface area contributed by atoms with Gasteiger partial charge in [-0.25, -0.2) is 9.59 Å². The first kappa shape index (κ1) is 90.3. The van der Waals surface area contributed by atoms with Crippen LogP contribution in [0.1, 0.15) is 175 Å². The van der Waals surface area contributed by atoms with Crippen molar-refractivity contribution in [2.45, 2.75) is 217 Å². The van der Waals surface area contributed by atoms with Crippen LogP contribution >= 0.6 is 24.4 Å². The molecule has 112 heavy (non-hydrogen) atoms. The highest BCUT2D eigenvalue weighted by Gasteiger charge is 2.44. The Kier molecular flexibility index (Phi) is 33.2. The van der Waals surface area contributed by atoms with Gasteiger partial charge in [0.1, 0.15) is 70.2 Å². The minimum absolute atomic E-state index is 0.0291. The summed E-state index contributed by atoms with van der Waals surface area (Å²) in [5, 5.41) is 31.3. The van der Waals surface area contributed by atoms with Gasteiger partial charge >= 0.3 is 30.0 Å². The van der Waals surface area contributed by atoms with Crippen molar-refractivity contribution in [3.05, 3.63) is 215 Å². The van der Waals surface area contributed by atoms with Crippen LogP contribution in [0.15, 0.2) is 182 Å². The number of thiol groups is 1. The zero-order chi connectivity index (χ0) is 82.8. The van der Waals surface area contributed by atoms with Gasteiger partial charge in [0.05, 0.1) is 17.6 Å². The topological polar surface area (TPSA) is 358 Å². The minimum atomic E-state index is -2.01. The Labute approximate surface area is 665 Å². The lowest BCUT2D eigenvalue weighted by Gasteiger charge is -2.37. The van der Waals surface area contributed by atoms with E-state index in [1.54, 1.807) is 133 Å². The lowest BCUT2D eigenvalue weighted by Crippen LogP contribution is -2.61. The number of nitrogens with one attached hydrogen (secondary N) is 8. The van der Waals surface area contributed by atoms with Crippen LogP contribution in [0.2, 0.25) is 0 Å². The van der Waals surface area contributed by atoms with Gasteiger partial charge in [0.15, 0.2) is 0 Å². The van der Waals surface area contributed by atoms with Gasteiger partial charge in [-0.2, -0.15) is 12.6 Å². The molecule has 0 spiro atoms. The summed E-state index contributed by atoms with van der Waals surface area (Å²) in [6.07, 6.45) is -5.02. The fourth-order valence-electron chi connectivity index (χ4n) is 12.2. The third-order valence-electron chi connectivity index (χ3n) is 16.9. The predicted octanol–water partition coefficient (Wildman–Crippen LogP) is 10.0. The molecule has 7 atom stereocenters. The SMILES string of the molecule is CC(C)C[C@H](NC(=O)[C@H](CCC(=O)OC(C)(C)C)NC(=O)[C@H](CSC(c1ccccc1)(c1ccccc1)c1ccccc1)NC(=O)[C@H](CCC(=O)OC(C)(C)C)NC(=O)[C@H](CC(=O)OC(C)(C)C)NC(=O)[C@H](CC(=O)NC(c1ccccc1)(c1ccccc1)c1ccccc1)NC(=O)OC(C)(C)C)C(=O)N[C@@H](CS)C(=O)O. The van der Waals surface area contributed by atoms with Crippen LogP contribution in [0, 0.1) is 5.92 Å². The molecule has 6 aromatic rings. The van der Waals surface area contributed by atoms with E-state index in [0.717, 1.165) is 16.7 Å². The predicted molar refractivity (Wildman–Crippen MR) is 430 cm³/mol. The second kappa shape index (κ2) is 41.1. The summed E-state index contributed by atoms with van der Waals surface area (Å²) in [4.78, 5) is 174. The van der Waals surface area contributed by atoms with Gasteiger partial charge in [0.2, 0.25) is 41.4 Å². The monoisotopic (exact) mass is 1580 g/mol. The van der Waals surface area contributed by atoms with Gasteiger partial charge in [-0.3, -0.25) is 47.9 Å². The number of ether oxygens (including phenoxy) is 4. The maximum absolute atomic E-state index is 15.9. The highest BCUT2D eigenvalue weighted by atomic mass is 32.2. The van der Waals surface area contributed by atoms with Gasteiger partial charge in [-0.05, 0) is 142 Å². The molecule has 8 amide bonds. The van der Waals surface area contributed by atoms with Crippen LogP contribution in [-0.4, -0.2) is 153 Å². The van der Waals surface area contributed by atoms with Crippen molar-refractivity contribution in [1.82, 2.24) is 42.5 Å². The molecule has 0 unspecified atom stereocenters. The first-order valence-electron chi connectivity index (χ1n) is 37.2. The first-order chi connectivity index (χ1) is 52.6. The van der Waals surface area contributed by atoms with Crippen LogP contribution in [-0.2, 0) is 82.0 Å². The van der Waals surface area contributed by atoms with Crippen molar-refractivity contribution >= 4 is 95.7 Å². The molecule has 0 saturated heterocycles. The Morgan fingerprint density at radius 2 is 0.661 bits per heavy atom. The van der Waals surface area contributed by atoms with Gasteiger partial charge in [-0.15, -0.1) is 11.8 Å². The molecular formula is C85H108N8O17S2. The highest BCUT2D eigenvalue weighted by molar-refractivity contribution is 8.00. The summed E-state index contributed by atoms with van der Waals surface area (Å²) < 4.78 is 21.4. The minimum Gasteiger partial charge on any atom is -0.480 e. The lowest BCUT2D eigenvalue weighted by molar-refractivity contribution is -0.157. The molecule has 0 heterocycles. The molecule has 0 aliphatic heterocycles. The highest BCUT2D eigenvalue weighted by Crippen LogP contribution is 2.49. The van der Waals surface area contributed by atoms with E-state index in [0.29, 0.717) is 16.7 Å². The third-order valence-corrected chi connectivity index (χ3v) is 18.9. The largest absolute Gasteiger partial charge is 0.480 e. The number of aliphatic carboxylic acids is 1. The Balaban J connectivity index is 1.50. The number of esters is 3. The van der Waals surface area contributed by atoms with Crippen LogP contribution in [0.5, 0.6) is 0 Å². The summed E-state index contributed by atoms with van der Waals surface area (Å²) >= 11 is 5.30. The summed E-state index contributed by atoms with van der Waals surface area (Å²) in [7, 11) is 0. The van der Waals surface area contributed by atoms with E-state index in [9.17, 15) is 38.7 Å². The van der Waals surface area contributed by atoms with E-state index >= 15 is 24.0 Å². The number of carbonyl (C=O) groups is 12. The number of carboxylic acid groups (broad SMARTS) is 1. The van der Waals surface area contributed by atoms with E-state index in [1.807, 2.05) is 146 Å². The number of thioether (sulfide) groups is 1. The van der Waals surface area contributed by atoms with Crippen molar-refractivity contribution in [3.63, 3.8) is 0 Å². The smallest absolute Gasteiger partial charge is 0.408 e. The Bertz CT molecular complexity index is 3960. The molecule has 0 bridgehead atoms. The molecule has 602 valence electrons. The van der Waals surface area contributed by atoms with E-state index in [1.165, 1.54) is 11.8 Å². The molecule has 27 heteroatoms. The number of rotatable bonds is 37. The second-order valence-electron chi connectivity index (χ2n) is 31.4. The summed E-state index contributed by atoms with van der Waals surface area (Å²) in [5.74, 6) is -12.3. The molecule has 6 rings (SSSR count). The quantitative estimate of drug-likeness (QED) is 0.00750. The van der Waals surface area contributed by atoms with Crippen LogP contribution in [0.4, 0.5) is 4.79 Å². The van der Waals surface area contributed by atoms with Crippen molar-refractivity contribution in [2.24, 2.45) is 5.92 Å². The van der Waals surface area contributed by atoms with Gasteiger partial charge in [-0.1, -0.05) is 196 Å². The lowest BCUT2D eigenvalue weighted by atomic mass is 9.77. The number of carbonyl (C=O) groups excluding carboxylic acids is 11. The molecule has 0 aliphatic carbocycles. The zero-order valence-corrected chi connectivity index (χ0v) is 67.8. The zero-order valence-electron chi connectivity index (χ0n) is 66.1. The maximum atomic E-state index is 15.9. The van der Waals surface area contributed by atoms with E-state index in [4.69, 9.17) is 18.9 Å². The average molecular weight is 1580 g/mol. The molecule has 0 saturated carbocycles. The van der Waals surface area contributed by atoms with Crippen molar-refractivity contribution in [2.75, 3.05) is 11.5 Å². The molecule has 0 fully saturated rings. The van der Waals surface area contributed by atoms with Gasteiger partial charge in [0, 0.05) is 24.3 Å². The summed E-state index contributed by atoms with van der Waals surface area (Å²) in [6.45, 7) is 22.7. The molecule has 25 nitrogen and oxygen atoms in total. The normalized spacial score (nSPS) is 13.8. The van der Waals surface area contributed by atoms with E-state index in [-0.39, 0.29) is 23.8 Å². The number of carboxylic acids is 1. The molecule has 0 radical (unpaired) electrons. The third kappa shape index (κ3) is 28.3. The molecule has 0 aromatic heterocycles. The fourth-order valence-corrected chi connectivity index (χ4v) is 14.0. The molecule has 9 N–H and O–H groups in total. The van der Waals surface area contributed by atoms with Crippen LogP contribution in [0.25, 0.3) is 0 Å². The fraction of sp³-hybridized carbons (Fsp3) is 0.435. The Hall–Kier alpha value is -10.5. The number of hydrogen-bond acceptors (Lipinski definition) is 18.